The first-order valence-corrected chi connectivity index (χ1v) is 13.4. The minimum Gasteiger partial charge on any atom is -0.354 e. The average molecular weight is 497 g/mol. The third kappa shape index (κ3) is 6.17. The molecule has 2 aromatic rings. The van der Waals surface area contributed by atoms with Gasteiger partial charge in [0.2, 0.25) is 15.9 Å². The molecule has 2 aliphatic rings. The van der Waals surface area contributed by atoms with Crippen LogP contribution in [-0.2, 0) is 14.8 Å². The summed E-state index contributed by atoms with van der Waals surface area (Å²) in [6.07, 6.45) is 3.82. The maximum Gasteiger partial charge on any atom is 0.243 e. The van der Waals surface area contributed by atoms with E-state index in [-0.39, 0.29) is 17.3 Å². The van der Waals surface area contributed by atoms with Gasteiger partial charge in [0.15, 0.2) is 0 Å². The van der Waals surface area contributed by atoms with Crippen LogP contribution in [0.1, 0.15) is 18.4 Å². The number of pyridine rings is 1. The lowest BCUT2D eigenvalue weighted by molar-refractivity contribution is -0.133. The zero-order valence-electron chi connectivity index (χ0n) is 20.1. The molecule has 0 spiro atoms. The molecular weight excluding hydrogens is 464 g/mol. The molecule has 186 valence electrons. The summed E-state index contributed by atoms with van der Waals surface area (Å²) in [7, 11) is -2.38. The van der Waals surface area contributed by atoms with Gasteiger partial charge in [-0.3, -0.25) is 9.69 Å². The smallest absolute Gasteiger partial charge is 0.243 e. The normalized spacial score (nSPS) is 19.5. The number of likely N-dealkylation sites (tertiary alicyclic amines) is 1. The van der Waals surface area contributed by atoms with E-state index in [1.807, 2.05) is 35.4 Å². The van der Waals surface area contributed by atoms with Crippen LogP contribution in [0.15, 0.2) is 53.6 Å². The van der Waals surface area contributed by atoms with Gasteiger partial charge in [0.25, 0.3) is 0 Å². The first-order chi connectivity index (χ1) is 16.9. The van der Waals surface area contributed by atoms with Crippen LogP contribution in [0.2, 0.25) is 0 Å². The summed E-state index contributed by atoms with van der Waals surface area (Å²) in [5.74, 6) is 1.23. The molecule has 0 N–H and O–H groups in total. The van der Waals surface area contributed by atoms with E-state index >= 15 is 0 Å². The molecule has 2 saturated heterocycles. The number of hydrogen-bond acceptors (Lipinski definition) is 7. The molecule has 35 heavy (non-hydrogen) atoms. The minimum atomic E-state index is -3.80. The monoisotopic (exact) mass is 496 g/mol. The van der Waals surface area contributed by atoms with Gasteiger partial charge in [0.05, 0.1) is 23.1 Å². The van der Waals surface area contributed by atoms with Crippen molar-refractivity contribution in [1.29, 1.82) is 5.26 Å². The second-order valence-electron chi connectivity index (χ2n) is 9.22. The third-order valence-corrected chi connectivity index (χ3v) is 8.60. The largest absolute Gasteiger partial charge is 0.354 e. The zero-order chi connectivity index (χ0) is 24.8. The van der Waals surface area contributed by atoms with Crippen LogP contribution in [0.4, 0.5) is 5.82 Å². The number of carbonyl (C=O) groups is 1. The highest BCUT2D eigenvalue weighted by Crippen LogP contribution is 2.21. The lowest BCUT2D eigenvalue weighted by Gasteiger charge is -2.40. The SMILES string of the molecule is CN(CC(=O)N1CCCC(CN2CCN(c3ccccn3)CC2)C1)S(=O)(=O)c1ccc(C#N)cc1. The van der Waals surface area contributed by atoms with Gasteiger partial charge in [-0.25, -0.2) is 13.4 Å². The van der Waals surface area contributed by atoms with Crippen LogP contribution >= 0.6 is 0 Å². The summed E-state index contributed by atoms with van der Waals surface area (Å²) in [6, 6.07) is 13.7. The summed E-state index contributed by atoms with van der Waals surface area (Å²) < 4.78 is 26.8. The van der Waals surface area contributed by atoms with E-state index in [4.69, 9.17) is 5.26 Å². The van der Waals surface area contributed by atoms with E-state index in [0.29, 0.717) is 24.6 Å². The van der Waals surface area contributed by atoms with E-state index in [2.05, 4.69) is 14.8 Å². The van der Waals surface area contributed by atoms with Crippen molar-refractivity contribution >= 4 is 21.7 Å². The molecule has 0 saturated carbocycles. The first kappa shape index (κ1) is 25.1. The van der Waals surface area contributed by atoms with E-state index in [9.17, 15) is 13.2 Å². The second kappa shape index (κ2) is 11.2. The number of rotatable bonds is 7. The zero-order valence-corrected chi connectivity index (χ0v) is 20.9. The molecule has 0 bridgehead atoms. The van der Waals surface area contributed by atoms with Crippen LogP contribution < -0.4 is 4.90 Å². The molecule has 4 rings (SSSR count). The summed E-state index contributed by atoms with van der Waals surface area (Å²) in [5.41, 5.74) is 0.389. The maximum atomic E-state index is 13.0. The fraction of sp³-hybridized carbons (Fsp3) is 0.480. The van der Waals surface area contributed by atoms with Crippen molar-refractivity contribution < 1.29 is 13.2 Å². The highest BCUT2D eigenvalue weighted by molar-refractivity contribution is 7.89. The van der Waals surface area contributed by atoms with Crippen molar-refractivity contribution in [2.24, 2.45) is 5.92 Å². The van der Waals surface area contributed by atoms with E-state index in [1.54, 1.807) is 0 Å². The summed E-state index contributed by atoms with van der Waals surface area (Å²) in [6.45, 7) is 5.86. The maximum absolute atomic E-state index is 13.0. The Morgan fingerprint density at radius 3 is 2.51 bits per heavy atom. The number of aromatic nitrogens is 1. The van der Waals surface area contributed by atoms with Gasteiger partial charge in [-0.1, -0.05) is 6.07 Å². The van der Waals surface area contributed by atoms with Gasteiger partial charge in [-0.05, 0) is 55.2 Å². The van der Waals surface area contributed by atoms with E-state index in [1.165, 1.54) is 31.3 Å². The van der Waals surface area contributed by atoms with Crippen molar-refractivity contribution in [1.82, 2.24) is 19.1 Å². The molecule has 0 aliphatic carbocycles. The Labute approximate surface area is 207 Å². The Morgan fingerprint density at radius 1 is 1.11 bits per heavy atom. The molecule has 1 aromatic carbocycles. The highest BCUT2D eigenvalue weighted by Gasteiger charge is 2.30. The number of carbonyl (C=O) groups excluding carboxylic acids is 1. The number of nitriles is 1. The van der Waals surface area contributed by atoms with Crippen molar-refractivity contribution in [3.05, 3.63) is 54.2 Å². The molecule has 9 nitrogen and oxygen atoms in total. The molecule has 1 amide bonds. The van der Waals surface area contributed by atoms with Crippen LogP contribution in [0.3, 0.4) is 0 Å². The standard InChI is InChI=1S/C25H32N6O3S/c1-28(35(33,34)23-9-7-21(17-26)8-10-23)20-25(32)31-12-4-5-22(19-31)18-29-13-15-30(16-14-29)24-6-2-3-11-27-24/h2-3,6-11,22H,4-5,12-16,18-20H2,1H3. The Balaban J connectivity index is 1.27. The third-order valence-electron chi connectivity index (χ3n) is 6.78. The second-order valence-corrected chi connectivity index (χ2v) is 11.3. The van der Waals surface area contributed by atoms with Gasteiger partial charge >= 0.3 is 0 Å². The molecule has 2 fully saturated rings. The van der Waals surface area contributed by atoms with Crippen molar-refractivity contribution in [2.45, 2.75) is 17.7 Å². The van der Waals surface area contributed by atoms with Crippen molar-refractivity contribution in [2.75, 3.05) is 64.3 Å². The number of amides is 1. The van der Waals surface area contributed by atoms with Crippen molar-refractivity contribution in [3.63, 3.8) is 0 Å². The molecule has 1 aromatic heterocycles. The summed E-state index contributed by atoms with van der Waals surface area (Å²) >= 11 is 0. The number of likely N-dealkylation sites (N-methyl/N-ethyl adjacent to an activating group) is 1. The Bertz CT molecular complexity index is 1140. The number of nitrogens with zero attached hydrogens (tertiary/aromatic N) is 6. The first-order valence-electron chi connectivity index (χ1n) is 12.0. The van der Waals surface area contributed by atoms with Gasteiger partial charge in [-0.15, -0.1) is 0 Å². The molecule has 2 aliphatic heterocycles. The van der Waals surface area contributed by atoms with Crippen molar-refractivity contribution in [3.8, 4) is 6.07 Å². The number of piperidine rings is 1. The topological polar surface area (TPSA) is 101 Å². The minimum absolute atomic E-state index is 0.0770. The number of piperazine rings is 1. The average Bonchev–Trinajstić information content (AvgIpc) is 2.89. The van der Waals surface area contributed by atoms with Crippen LogP contribution in [0.25, 0.3) is 0 Å². The molecule has 10 heteroatoms. The van der Waals surface area contributed by atoms with E-state index < -0.39 is 10.0 Å². The van der Waals surface area contributed by atoms with Crippen LogP contribution in [-0.4, -0.2) is 92.8 Å². The van der Waals surface area contributed by atoms with Gasteiger partial charge < -0.3 is 9.80 Å². The summed E-state index contributed by atoms with van der Waals surface area (Å²) in [5, 5.41) is 8.92. The molecule has 3 heterocycles. The van der Waals surface area contributed by atoms with Gasteiger partial charge in [-0.2, -0.15) is 9.57 Å². The van der Waals surface area contributed by atoms with E-state index in [0.717, 1.165) is 55.7 Å². The van der Waals surface area contributed by atoms with Crippen LogP contribution in [0.5, 0.6) is 0 Å². The predicted octanol–water partition coefficient (Wildman–Crippen LogP) is 1.63. The number of anilines is 1. The number of sulfonamides is 1. The molecular formula is C25H32N6O3S. The Morgan fingerprint density at radius 2 is 1.86 bits per heavy atom. The fourth-order valence-corrected chi connectivity index (χ4v) is 5.88. The Kier molecular flexibility index (Phi) is 8.00. The molecule has 1 atom stereocenters. The summed E-state index contributed by atoms with van der Waals surface area (Å²) in [4.78, 5) is 24.1. The number of benzene rings is 1. The Hall–Kier alpha value is -3.00. The lowest BCUT2D eigenvalue weighted by atomic mass is 9.97. The van der Waals surface area contributed by atoms with Gasteiger partial charge in [0.1, 0.15) is 5.82 Å². The predicted molar refractivity (Wildman–Crippen MR) is 133 cm³/mol. The van der Waals surface area contributed by atoms with Gasteiger partial charge in [0, 0.05) is 59.1 Å². The fourth-order valence-electron chi connectivity index (χ4n) is 4.76. The quantitative estimate of drug-likeness (QED) is 0.574. The molecule has 0 radical (unpaired) electrons. The van der Waals surface area contributed by atoms with Crippen LogP contribution in [0, 0.1) is 17.2 Å². The number of hydrogen-bond donors (Lipinski definition) is 0. The highest BCUT2D eigenvalue weighted by atomic mass is 32.2. The lowest BCUT2D eigenvalue weighted by Crippen LogP contribution is -2.51. The molecule has 1 unspecified atom stereocenters.